The molecular formula is C22H25N3O4. The number of benzene rings is 1. The van der Waals surface area contributed by atoms with E-state index in [1.54, 1.807) is 30.3 Å². The summed E-state index contributed by atoms with van der Waals surface area (Å²) in [5.41, 5.74) is 1.28. The van der Waals surface area contributed by atoms with Crippen molar-refractivity contribution in [3.8, 4) is 11.5 Å². The summed E-state index contributed by atoms with van der Waals surface area (Å²) in [6, 6.07) is 8.74. The summed E-state index contributed by atoms with van der Waals surface area (Å²) in [6.45, 7) is 3.86. The maximum Gasteiger partial charge on any atom is 0.274 e. The van der Waals surface area contributed by atoms with Gasteiger partial charge in [-0.1, -0.05) is 6.92 Å². The highest BCUT2D eigenvalue weighted by Gasteiger charge is 2.26. The van der Waals surface area contributed by atoms with Crippen LogP contribution in [0.2, 0.25) is 0 Å². The van der Waals surface area contributed by atoms with Crippen LogP contribution in [0.3, 0.4) is 0 Å². The summed E-state index contributed by atoms with van der Waals surface area (Å²) in [6.07, 6.45) is 5.66. The minimum Gasteiger partial charge on any atom is -0.486 e. The highest BCUT2D eigenvalue weighted by molar-refractivity contribution is 6.05. The Morgan fingerprint density at radius 2 is 1.97 bits per heavy atom. The van der Waals surface area contributed by atoms with Crippen molar-refractivity contribution in [2.24, 2.45) is 0 Å². The number of carbonyl (C=O) groups excluding carboxylic acids is 2. The van der Waals surface area contributed by atoms with Crippen molar-refractivity contribution in [3.05, 3.63) is 47.8 Å². The molecule has 1 atom stereocenters. The standard InChI is InChI=1S/C22H25N3O4/c1-2-17-5-3-4-10-25(17)22(27)15-8-9-23-18(13-15)21(26)24-16-6-7-19-20(14-16)29-12-11-28-19/h6-9,13-14,17H,2-5,10-12H2,1H3,(H,24,26). The fraction of sp³-hybridized carbons (Fsp3) is 0.409. The zero-order valence-corrected chi connectivity index (χ0v) is 16.5. The minimum atomic E-state index is -0.373. The Bertz CT molecular complexity index is 915. The summed E-state index contributed by atoms with van der Waals surface area (Å²) < 4.78 is 11.0. The lowest BCUT2D eigenvalue weighted by molar-refractivity contribution is 0.0608. The van der Waals surface area contributed by atoms with Crippen LogP contribution < -0.4 is 14.8 Å². The lowest BCUT2D eigenvalue weighted by Gasteiger charge is -2.35. The molecule has 1 aromatic heterocycles. The van der Waals surface area contributed by atoms with Crippen molar-refractivity contribution in [2.45, 2.75) is 38.6 Å². The van der Waals surface area contributed by atoms with E-state index in [2.05, 4.69) is 17.2 Å². The molecule has 2 aliphatic heterocycles. The first-order valence-corrected chi connectivity index (χ1v) is 10.1. The minimum absolute atomic E-state index is 0.0349. The maximum absolute atomic E-state index is 13.0. The van der Waals surface area contributed by atoms with Crippen molar-refractivity contribution in [1.29, 1.82) is 0 Å². The molecule has 1 fully saturated rings. The second-order valence-electron chi connectivity index (χ2n) is 7.30. The van der Waals surface area contributed by atoms with E-state index in [1.807, 2.05) is 4.90 Å². The fourth-order valence-corrected chi connectivity index (χ4v) is 3.86. The number of hydrogen-bond donors (Lipinski definition) is 1. The lowest BCUT2D eigenvalue weighted by Crippen LogP contribution is -2.43. The van der Waals surface area contributed by atoms with Crippen LogP contribution in [0.15, 0.2) is 36.5 Å². The molecule has 152 valence electrons. The second-order valence-corrected chi connectivity index (χ2v) is 7.30. The van der Waals surface area contributed by atoms with Crippen molar-refractivity contribution in [2.75, 3.05) is 25.1 Å². The Morgan fingerprint density at radius 1 is 1.14 bits per heavy atom. The average molecular weight is 395 g/mol. The number of piperidine rings is 1. The number of rotatable bonds is 4. The normalized spacial score (nSPS) is 18.2. The van der Waals surface area contributed by atoms with Gasteiger partial charge in [-0.2, -0.15) is 0 Å². The van der Waals surface area contributed by atoms with Gasteiger partial charge in [0, 0.05) is 36.1 Å². The first kappa shape index (κ1) is 19.2. The molecule has 2 aromatic rings. The second kappa shape index (κ2) is 8.51. The van der Waals surface area contributed by atoms with E-state index in [0.717, 1.165) is 32.2 Å². The van der Waals surface area contributed by atoms with Crippen LogP contribution in [0, 0.1) is 0 Å². The molecule has 0 spiro atoms. The zero-order chi connectivity index (χ0) is 20.2. The van der Waals surface area contributed by atoms with Gasteiger partial charge in [-0.25, -0.2) is 0 Å². The molecule has 4 rings (SSSR count). The number of nitrogens with zero attached hydrogens (tertiary/aromatic N) is 2. The Morgan fingerprint density at radius 3 is 2.79 bits per heavy atom. The van der Waals surface area contributed by atoms with Gasteiger partial charge in [-0.05, 0) is 49.9 Å². The Labute approximate surface area is 170 Å². The summed E-state index contributed by atoms with van der Waals surface area (Å²) in [5, 5.41) is 2.81. The Hall–Kier alpha value is -3.09. The highest BCUT2D eigenvalue weighted by Crippen LogP contribution is 2.32. The van der Waals surface area contributed by atoms with Gasteiger partial charge < -0.3 is 19.7 Å². The number of aromatic nitrogens is 1. The molecule has 0 radical (unpaired) electrons. The molecule has 0 saturated carbocycles. The van der Waals surface area contributed by atoms with Crippen LogP contribution in [0.1, 0.15) is 53.5 Å². The van der Waals surface area contributed by atoms with Gasteiger partial charge >= 0.3 is 0 Å². The first-order chi connectivity index (χ1) is 14.2. The quantitative estimate of drug-likeness (QED) is 0.857. The first-order valence-electron chi connectivity index (χ1n) is 10.1. The van der Waals surface area contributed by atoms with Crippen LogP contribution in [-0.2, 0) is 0 Å². The van der Waals surface area contributed by atoms with E-state index < -0.39 is 0 Å². The molecule has 3 heterocycles. The summed E-state index contributed by atoms with van der Waals surface area (Å²) >= 11 is 0. The van der Waals surface area contributed by atoms with E-state index in [-0.39, 0.29) is 23.6 Å². The maximum atomic E-state index is 13.0. The molecule has 29 heavy (non-hydrogen) atoms. The molecule has 0 bridgehead atoms. The monoisotopic (exact) mass is 395 g/mol. The van der Waals surface area contributed by atoms with E-state index in [0.29, 0.717) is 36.0 Å². The Balaban J connectivity index is 1.49. The van der Waals surface area contributed by atoms with Gasteiger partial charge in [0.2, 0.25) is 0 Å². The smallest absolute Gasteiger partial charge is 0.274 e. The number of likely N-dealkylation sites (tertiary alicyclic amines) is 1. The third-order valence-electron chi connectivity index (χ3n) is 5.40. The fourth-order valence-electron chi connectivity index (χ4n) is 3.86. The number of pyridine rings is 1. The van der Waals surface area contributed by atoms with Gasteiger partial charge in [0.05, 0.1) is 0 Å². The third kappa shape index (κ3) is 4.18. The molecule has 0 aliphatic carbocycles. The van der Waals surface area contributed by atoms with Crippen LogP contribution in [0.5, 0.6) is 11.5 Å². The average Bonchev–Trinajstić information content (AvgIpc) is 2.78. The Kier molecular flexibility index (Phi) is 5.64. The van der Waals surface area contributed by atoms with Gasteiger partial charge in [-0.3, -0.25) is 14.6 Å². The van der Waals surface area contributed by atoms with Crippen molar-refractivity contribution < 1.29 is 19.1 Å². The van der Waals surface area contributed by atoms with Gasteiger partial charge in [0.25, 0.3) is 11.8 Å². The van der Waals surface area contributed by atoms with Crippen LogP contribution >= 0.6 is 0 Å². The lowest BCUT2D eigenvalue weighted by atomic mass is 9.99. The summed E-state index contributed by atoms with van der Waals surface area (Å²) in [7, 11) is 0. The number of fused-ring (bicyclic) bond motifs is 1. The highest BCUT2D eigenvalue weighted by atomic mass is 16.6. The van der Waals surface area contributed by atoms with E-state index in [4.69, 9.17) is 9.47 Å². The molecule has 1 unspecified atom stereocenters. The van der Waals surface area contributed by atoms with E-state index in [9.17, 15) is 9.59 Å². The molecule has 1 saturated heterocycles. The molecule has 1 aromatic carbocycles. The van der Waals surface area contributed by atoms with Crippen LogP contribution in [0.25, 0.3) is 0 Å². The number of carbonyl (C=O) groups is 2. The third-order valence-corrected chi connectivity index (χ3v) is 5.40. The van der Waals surface area contributed by atoms with Gasteiger partial charge in [0.1, 0.15) is 18.9 Å². The molecule has 7 heteroatoms. The van der Waals surface area contributed by atoms with E-state index in [1.165, 1.54) is 6.20 Å². The molecule has 7 nitrogen and oxygen atoms in total. The van der Waals surface area contributed by atoms with E-state index >= 15 is 0 Å². The molecule has 1 N–H and O–H groups in total. The summed E-state index contributed by atoms with van der Waals surface area (Å²) in [5.74, 6) is 0.850. The summed E-state index contributed by atoms with van der Waals surface area (Å²) in [4.78, 5) is 31.8. The predicted octanol–water partition coefficient (Wildman–Crippen LogP) is 3.51. The number of nitrogens with one attached hydrogen (secondary N) is 1. The number of anilines is 1. The number of ether oxygens (including phenoxy) is 2. The topological polar surface area (TPSA) is 80.8 Å². The van der Waals surface area contributed by atoms with Crippen LogP contribution in [-0.4, -0.2) is 47.5 Å². The molecule has 2 amide bonds. The van der Waals surface area contributed by atoms with Crippen LogP contribution in [0.4, 0.5) is 5.69 Å². The number of hydrogen-bond acceptors (Lipinski definition) is 5. The predicted molar refractivity (Wildman–Crippen MR) is 109 cm³/mol. The largest absolute Gasteiger partial charge is 0.486 e. The molecular weight excluding hydrogens is 370 g/mol. The van der Waals surface area contributed by atoms with Gasteiger partial charge in [0.15, 0.2) is 11.5 Å². The number of amides is 2. The van der Waals surface area contributed by atoms with Gasteiger partial charge in [-0.15, -0.1) is 0 Å². The van der Waals surface area contributed by atoms with Crippen molar-refractivity contribution in [3.63, 3.8) is 0 Å². The van der Waals surface area contributed by atoms with Crippen molar-refractivity contribution in [1.82, 2.24) is 9.88 Å². The van der Waals surface area contributed by atoms with Crippen molar-refractivity contribution >= 4 is 17.5 Å². The molecule has 2 aliphatic rings. The SMILES string of the molecule is CCC1CCCCN1C(=O)c1ccnc(C(=O)Nc2ccc3c(c2)OCCO3)c1. The zero-order valence-electron chi connectivity index (χ0n) is 16.5.